The van der Waals surface area contributed by atoms with Gasteiger partial charge in [0.2, 0.25) is 0 Å². The van der Waals surface area contributed by atoms with E-state index in [1.165, 1.54) is 12.1 Å². The highest BCUT2D eigenvalue weighted by atomic mass is 19.1. The number of aromatic nitrogens is 2. The predicted molar refractivity (Wildman–Crippen MR) is 107 cm³/mol. The third kappa shape index (κ3) is 4.66. The van der Waals surface area contributed by atoms with Crippen molar-refractivity contribution in [2.45, 2.75) is 19.3 Å². The highest BCUT2D eigenvalue weighted by Crippen LogP contribution is 2.25. The van der Waals surface area contributed by atoms with Gasteiger partial charge < -0.3 is 10.3 Å². The Labute approximate surface area is 167 Å². The summed E-state index contributed by atoms with van der Waals surface area (Å²) in [6, 6.07) is 17.2. The number of pyridine rings is 1. The molecule has 2 heterocycles. The van der Waals surface area contributed by atoms with Crippen molar-refractivity contribution >= 4 is 5.82 Å². The maximum absolute atomic E-state index is 13.3. The number of nitrogens with two attached hydrogens (primary N) is 1. The lowest BCUT2D eigenvalue weighted by molar-refractivity contribution is 0.425. The first-order valence-corrected chi connectivity index (χ1v) is 9.26. The highest BCUT2D eigenvalue weighted by Gasteiger charge is 2.11. The number of rotatable bonds is 6. The van der Waals surface area contributed by atoms with E-state index in [4.69, 9.17) is 10.3 Å². The van der Waals surface area contributed by atoms with Crippen molar-refractivity contribution in [1.29, 1.82) is 0 Å². The number of hydrogen-bond donors (Lipinski definition) is 1. The van der Waals surface area contributed by atoms with Crippen LogP contribution in [0.25, 0.3) is 11.3 Å². The molecule has 2 aromatic heterocycles. The molecule has 0 spiro atoms. The monoisotopic (exact) mass is 391 g/mol. The van der Waals surface area contributed by atoms with Gasteiger partial charge in [0, 0.05) is 24.8 Å². The van der Waals surface area contributed by atoms with Gasteiger partial charge in [-0.15, -0.1) is 0 Å². The van der Waals surface area contributed by atoms with Crippen LogP contribution in [0.15, 0.2) is 71.4 Å². The Morgan fingerprint density at radius 1 is 0.828 bits per heavy atom. The molecule has 0 bridgehead atoms. The Morgan fingerprint density at radius 2 is 1.52 bits per heavy atom. The minimum atomic E-state index is -0.546. The van der Waals surface area contributed by atoms with Gasteiger partial charge in [-0.3, -0.25) is 0 Å². The minimum absolute atomic E-state index is 0.401. The minimum Gasteiger partial charge on any atom is -0.383 e. The summed E-state index contributed by atoms with van der Waals surface area (Å²) < 4.78 is 32.0. The lowest BCUT2D eigenvalue weighted by atomic mass is 10.0. The van der Waals surface area contributed by atoms with Gasteiger partial charge in [-0.2, -0.15) is 0 Å². The molecule has 146 valence electrons. The van der Waals surface area contributed by atoms with Crippen LogP contribution in [0.1, 0.15) is 22.4 Å². The van der Waals surface area contributed by atoms with Crippen LogP contribution >= 0.6 is 0 Å². The van der Waals surface area contributed by atoms with Gasteiger partial charge in [-0.1, -0.05) is 29.4 Å². The van der Waals surface area contributed by atoms with Crippen molar-refractivity contribution in [3.8, 4) is 11.3 Å². The molecule has 0 atom stereocenters. The van der Waals surface area contributed by atoms with E-state index < -0.39 is 11.6 Å². The number of anilines is 1. The van der Waals surface area contributed by atoms with Crippen LogP contribution in [0.3, 0.4) is 0 Å². The molecule has 4 aromatic rings. The van der Waals surface area contributed by atoms with E-state index >= 15 is 0 Å². The molecule has 6 heteroatoms. The van der Waals surface area contributed by atoms with Gasteiger partial charge >= 0.3 is 0 Å². The van der Waals surface area contributed by atoms with Crippen LogP contribution in [-0.2, 0) is 19.3 Å². The largest absolute Gasteiger partial charge is 0.383 e. The fourth-order valence-electron chi connectivity index (χ4n) is 3.22. The molecule has 0 saturated heterocycles. The van der Waals surface area contributed by atoms with Crippen molar-refractivity contribution in [3.05, 3.63) is 101 Å². The second kappa shape index (κ2) is 8.22. The van der Waals surface area contributed by atoms with Gasteiger partial charge in [-0.05, 0) is 53.8 Å². The zero-order valence-corrected chi connectivity index (χ0v) is 15.6. The van der Waals surface area contributed by atoms with E-state index in [0.29, 0.717) is 36.4 Å². The maximum atomic E-state index is 13.3. The fourth-order valence-corrected chi connectivity index (χ4v) is 3.22. The summed E-state index contributed by atoms with van der Waals surface area (Å²) >= 11 is 0. The van der Waals surface area contributed by atoms with Gasteiger partial charge in [0.05, 0.1) is 11.3 Å². The standard InChI is InChI=1S/C23H19F2N3O/c24-18-10-17(11-19(25)13-18)8-5-15-3-6-16(7-4-15)12-20-14-22(29-28-20)21-2-1-9-27-23(21)26/h1-4,6-7,9-11,13-14H,5,8,12H2,(H2,26,27). The molecular formula is C23H19F2N3O. The van der Waals surface area contributed by atoms with Crippen molar-refractivity contribution in [2.24, 2.45) is 0 Å². The number of hydrogen-bond acceptors (Lipinski definition) is 4. The summed E-state index contributed by atoms with van der Waals surface area (Å²) in [7, 11) is 0. The molecule has 0 radical (unpaired) electrons. The Hall–Kier alpha value is -3.54. The molecule has 0 aliphatic heterocycles. The molecule has 0 unspecified atom stereocenters. The summed E-state index contributed by atoms with van der Waals surface area (Å²) in [4.78, 5) is 4.06. The van der Waals surface area contributed by atoms with Crippen LogP contribution in [0.2, 0.25) is 0 Å². The van der Waals surface area contributed by atoms with E-state index in [1.54, 1.807) is 12.3 Å². The molecule has 0 aliphatic rings. The SMILES string of the molecule is Nc1ncccc1-c1cc(Cc2ccc(CCc3cc(F)cc(F)c3)cc2)no1. The topological polar surface area (TPSA) is 64.9 Å². The summed E-state index contributed by atoms with van der Waals surface area (Å²) in [5.41, 5.74) is 10.2. The number of nitrogens with zero attached hydrogens (tertiary/aromatic N) is 2. The molecule has 2 N–H and O–H groups in total. The number of nitrogen functional groups attached to an aromatic ring is 1. The molecule has 0 amide bonds. The van der Waals surface area contributed by atoms with E-state index in [2.05, 4.69) is 10.1 Å². The fraction of sp³-hybridized carbons (Fsp3) is 0.130. The molecule has 4 rings (SSSR count). The van der Waals surface area contributed by atoms with Crippen LogP contribution in [-0.4, -0.2) is 10.1 Å². The summed E-state index contributed by atoms with van der Waals surface area (Å²) in [6.45, 7) is 0. The molecule has 2 aromatic carbocycles. The summed E-state index contributed by atoms with van der Waals surface area (Å²) in [5, 5.41) is 4.11. The average molecular weight is 391 g/mol. The van der Waals surface area contributed by atoms with Crippen LogP contribution < -0.4 is 5.73 Å². The van der Waals surface area contributed by atoms with Crippen molar-refractivity contribution < 1.29 is 13.3 Å². The first kappa shape index (κ1) is 18.8. The Balaban J connectivity index is 1.39. The maximum Gasteiger partial charge on any atom is 0.170 e. The second-order valence-electron chi connectivity index (χ2n) is 6.89. The van der Waals surface area contributed by atoms with Gasteiger partial charge in [0.1, 0.15) is 17.5 Å². The number of aryl methyl sites for hydroxylation is 2. The van der Waals surface area contributed by atoms with Gasteiger partial charge in [0.15, 0.2) is 5.76 Å². The van der Waals surface area contributed by atoms with E-state index in [0.717, 1.165) is 28.5 Å². The van der Waals surface area contributed by atoms with E-state index in [1.807, 2.05) is 36.4 Å². The number of halogens is 2. The lowest BCUT2D eigenvalue weighted by Gasteiger charge is -2.05. The van der Waals surface area contributed by atoms with Gasteiger partial charge in [-0.25, -0.2) is 13.8 Å². The quantitative estimate of drug-likeness (QED) is 0.504. The number of benzene rings is 2. The molecule has 29 heavy (non-hydrogen) atoms. The molecule has 0 aliphatic carbocycles. The lowest BCUT2D eigenvalue weighted by Crippen LogP contribution is -1.95. The molecule has 4 nitrogen and oxygen atoms in total. The summed E-state index contributed by atoms with van der Waals surface area (Å²) in [6.07, 6.45) is 3.53. The summed E-state index contributed by atoms with van der Waals surface area (Å²) in [5.74, 6) is -0.104. The van der Waals surface area contributed by atoms with E-state index in [-0.39, 0.29) is 0 Å². The van der Waals surface area contributed by atoms with Crippen LogP contribution in [0, 0.1) is 11.6 Å². The zero-order chi connectivity index (χ0) is 20.2. The Kier molecular flexibility index (Phi) is 5.33. The molecule has 0 fully saturated rings. The van der Waals surface area contributed by atoms with Crippen LogP contribution in [0.4, 0.5) is 14.6 Å². The zero-order valence-electron chi connectivity index (χ0n) is 15.6. The third-order valence-corrected chi connectivity index (χ3v) is 4.70. The first-order chi connectivity index (χ1) is 14.1. The molecular weight excluding hydrogens is 372 g/mol. The van der Waals surface area contributed by atoms with Gasteiger partial charge in [0.25, 0.3) is 0 Å². The predicted octanol–water partition coefficient (Wildman–Crippen LogP) is 4.97. The Morgan fingerprint density at radius 3 is 2.24 bits per heavy atom. The normalized spacial score (nSPS) is 11.0. The second-order valence-corrected chi connectivity index (χ2v) is 6.89. The Bertz CT molecular complexity index is 1100. The van der Waals surface area contributed by atoms with Crippen molar-refractivity contribution in [3.63, 3.8) is 0 Å². The third-order valence-electron chi connectivity index (χ3n) is 4.70. The first-order valence-electron chi connectivity index (χ1n) is 9.26. The van der Waals surface area contributed by atoms with Crippen molar-refractivity contribution in [2.75, 3.05) is 5.73 Å². The average Bonchev–Trinajstić information content (AvgIpc) is 3.15. The highest BCUT2D eigenvalue weighted by molar-refractivity contribution is 5.69. The smallest absolute Gasteiger partial charge is 0.170 e. The van der Waals surface area contributed by atoms with Crippen LogP contribution in [0.5, 0.6) is 0 Å². The molecule has 0 saturated carbocycles. The van der Waals surface area contributed by atoms with Crippen molar-refractivity contribution in [1.82, 2.24) is 10.1 Å². The van der Waals surface area contributed by atoms with E-state index in [9.17, 15) is 8.78 Å².